The van der Waals surface area contributed by atoms with Crippen LogP contribution in [0.25, 0.3) is 10.9 Å². The molecule has 2 heterocycles. The highest BCUT2D eigenvalue weighted by Crippen LogP contribution is 2.14. The summed E-state index contributed by atoms with van der Waals surface area (Å²) in [6.45, 7) is 3.92. The molecule has 3 aromatic rings. The Morgan fingerprint density at radius 1 is 1.24 bits per heavy atom. The van der Waals surface area contributed by atoms with Crippen LogP contribution in [0.3, 0.4) is 0 Å². The van der Waals surface area contributed by atoms with E-state index in [1.54, 1.807) is 29.5 Å². The zero-order valence-corrected chi connectivity index (χ0v) is 12.0. The Labute approximate surface area is 122 Å². The molecule has 0 fully saturated rings. The molecule has 0 aliphatic carbocycles. The molecule has 1 aromatic carbocycles. The topological polar surface area (TPSA) is 60.7 Å². The second-order valence-corrected chi connectivity index (χ2v) is 5.18. The summed E-state index contributed by atoms with van der Waals surface area (Å²) >= 11 is 0. The van der Waals surface area contributed by atoms with Gasteiger partial charge in [-0.15, -0.1) is 0 Å². The lowest BCUT2D eigenvalue weighted by molar-refractivity contribution is 0.516. The lowest BCUT2D eigenvalue weighted by Crippen LogP contribution is -2.25. The Balaban J connectivity index is 2.03. The van der Waals surface area contributed by atoms with Gasteiger partial charge in [0.05, 0.1) is 22.9 Å². The molecule has 5 nitrogen and oxygen atoms in total. The van der Waals surface area contributed by atoms with Gasteiger partial charge in [0.1, 0.15) is 0 Å². The summed E-state index contributed by atoms with van der Waals surface area (Å²) in [5.74, 6) is 0. The smallest absolute Gasteiger partial charge is 0.261 e. The average Bonchev–Trinajstić information content (AvgIpc) is 2.48. The minimum Gasteiger partial charge on any atom is -0.295 e. The number of nitrogens with zero attached hydrogens (tertiary/aromatic N) is 4. The molecular formula is C16H16N4O. The van der Waals surface area contributed by atoms with Crippen LogP contribution in [0.1, 0.15) is 24.2 Å². The van der Waals surface area contributed by atoms with Gasteiger partial charge in [0.2, 0.25) is 0 Å². The van der Waals surface area contributed by atoms with E-state index in [1.807, 2.05) is 32.0 Å². The first-order valence-electron chi connectivity index (χ1n) is 6.88. The molecule has 0 radical (unpaired) electrons. The van der Waals surface area contributed by atoms with Crippen LogP contribution >= 0.6 is 0 Å². The zero-order chi connectivity index (χ0) is 14.8. The minimum absolute atomic E-state index is 0.00510. The van der Waals surface area contributed by atoms with E-state index >= 15 is 0 Å². The van der Waals surface area contributed by atoms with Crippen molar-refractivity contribution in [2.75, 3.05) is 0 Å². The van der Waals surface area contributed by atoms with Gasteiger partial charge in [-0.25, -0.2) is 4.98 Å². The third-order valence-corrected chi connectivity index (χ3v) is 3.62. The lowest BCUT2D eigenvalue weighted by Gasteiger charge is -2.15. The summed E-state index contributed by atoms with van der Waals surface area (Å²) in [5.41, 5.74) is 2.55. The van der Waals surface area contributed by atoms with Gasteiger partial charge in [0.15, 0.2) is 0 Å². The second kappa shape index (κ2) is 5.44. The van der Waals surface area contributed by atoms with Crippen LogP contribution in [0, 0.1) is 6.92 Å². The first-order valence-corrected chi connectivity index (χ1v) is 6.88. The number of hydrogen-bond acceptors (Lipinski definition) is 4. The Bertz CT molecular complexity index is 827. The summed E-state index contributed by atoms with van der Waals surface area (Å²) in [4.78, 5) is 25.4. The van der Waals surface area contributed by atoms with E-state index in [9.17, 15) is 4.79 Å². The molecule has 106 valence electrons. The predicted molar refractivity (Wildman–Crippen MR) is 81.2 cm³/mol. The monoisotopic (exact) mass is 280 g/mol. The van der Waals surface area contributed by atoms with Crippen LogP contribution in [-0.4, -0.2) is 19.5 Å². The normalized spacial score (nSPS) is 12.5. The molecule has 0 saturated carbocycles. The minimum atomic E-state index is -0.0225. The number of benzene rings is 1. The van der Waals surface area contributed by atoms with Gasteiger partial charge in [-0.05, 0) is 25.5 Å². The van der Waals surface area contributed by atoms with Crippen LogP contribution in [0.4, 0.5) is 0 Å². The molecule has 3 rings (SSSR count). The SMILES string of the molecule is Cc1cccc2ncn(C(C)Cc3cnccn3)c(=O)c12. The maximum absolute atomic E-state index is 12.7. The summed E-state index contributed by atoms with van der Waals surface area (Å²) in [6.07, 6.45) is 7.29. The fraction of sp³-hybridized carbons (Fsp3) is 0.250. The van der Waals surface area contributed by atoms with Gasteiger partial charge in [-0.3, -0.25) is 19.3 Å². The van der Waals surface area contributed by atoms with Crippen LogP contribution in [0.5, 0.6) is 0 Å². The number of fused-ring (bicyclic) bond motifs is 1. The first-order chi connectivity index (χ1) is 10.2. The van der Waals surface area contributed by atoms with Crippen molar-refractivity contribution in [1.29, 1.82) is 0 Å². The Morgan fingerprint density at radius 3 is 2.86 bits per heavy atom. The molecular weight excluding hydrogens is 264 g/mol. The van der Waals surface area contributed by atoms with E-state index < -0.39 is 0 Å². The largest absolute Gasteiger partial charge is 0.295 e. The summed E-state index contributed by atoms with van der Waals surface area (Å²) in [6, 6.07) is 5.69. The number of hydrogen-bond donors (Lipinski definition) is 0. The summed E-state index contributed by atoms with van der Waals surface area (Å²) in [5, 5.41) is 0.686. The van der Waals surface area contributed by atoms with Crippen molar-refractivity contribution in [1.82, 2.24) is 19.5 Å². The van der Waals surface area contributed by atoms with Crippen molar-refractivity contribution >= 4 is 10.9 Å². The van der Waals surface area contributed by atoms with Crippen LogP contribution < -0.4 is 5.56 Å². The fourth-order valence-corrected chi connectivity index (χ4v) is 2.49. The third kappa shape index (κ3) is 2.54. The molecule has 0 spiro atoms. The van der Waals surface area contributed by atoms with Crippen LogP contribution in [0.15, 0.2) is 47.9 Å². The second-order valence-electron chi connectivity index (χ2n) is 5.18. The van der Waals surface area contributed by atoms with Gasteiger partial charge in [-0.2, -0.15) is 0 Å². The maximum atomic E-state index is 12.7. The summed E-state index contributed by atoms with van der Waals surface area (Å²) < 4.78 is 1.67. The van der Waals surface area contributed by atoms with Crippen molar-refractivity contribution in [2.45, 2.75) is 26.3 Å². The fourth-order valence-electron chi connectivity index (χ4n) is 2.49. The Morgan fingerprint density at radius 2 is 2.10 bits per heavy atom. The van der Waals surface area contributed by atoms with E-state index in [2.05, 4.69) is 15.0 Å². The molecule has 2 aromatic heterocycles. The van der Waals surface area contributed by atoms with Gasteiger partial charge in [0.25, 0.3) is 5.56 Å². The van der Waals surface area contributed by atoms with Crippen molar-refractivity contribution in [3.63, 3.8) is 0 Å². The van der Waals surface area contributed by atoms with E-state index in [0.717, 1.165) is 16.8 Å². The molecule has 0 saturated heterocycles. The van der Waals surface area contributed by atoms with Crippen molar-refractivity contribution in [3.8, 4) is 0 Å². The molecule has 0 N–H and O–H groups in total. The van der Waals surface area contributed by atoms with Crippen LogP contribution in [-0.2, 0) is 6.42 Å². The average molecular weight is 280 g/mol. The lowest BCUT2D eigenvalue weighted by atomic mass is 10.1. The standard InChI is InChI=1S/C16H16N4O/c1-11-4-3-5-14-15(11)16(21)20(10-19-14)12(2)8-13-9-17-6-7-18-13/h3-7,9-10,12H,8H2,1-2H3. The Hall–Kier alpha value is -2.56. The van der Waals surface area contributed by atoms with Gasteiger partial charge >= 0.3 is 0 Å². The number of rotatable bonds is 3. The maximum Gasteiger partial charge on any atom is 0.261 e. The molecule has 0 bridgehead atoms. The number of aromatic nitrogens is 4. The van der Waals surface area contributed by atoms with Gasteiger partial charge < -0.3 is 0 Å². The Kier molecular flexibility index (Phi) is 3.48. The van der Waals surface area contributed by atoms with E-state index in [0.29, 0.717) is 11.8 Å². The molecule has 0 aliphatic heterocycles. The van der Waals surface area contributed by atoms with E-state index in [1.165, 1.54) is 0 Å². The highest BCUT2D eigenvalue weighted by Gasteiger charge is 2.12. The zero-order valence-electron chi connectivity index (χ0n) is 12.0. The van der Waals surface area contributed by atoms with E-state index in [4.69, 9.17) is 0 Å². The van der Waals surface area contributed by atoms with Crippen molar-refractivity contribution in [2.24, 2.45) is 0 Å². The van der Waals surface area contributed by atoms with Gasteiger partial charge in [0, 0.05) is 31.1 Å². The van der Waals surface area contributed by atoms with Crippen LogP contribution in [0.2, 0.25) is 0 Å². The molecule has 0 aliphatic rings. The highest BCUT2D eigenvalue weighted by atomic mass is 16.1. The molecule has 5 heteroatoms. The third-order valence-electron chi connectivity index (χ3n) is 3.62. The van der Waals surface area contributed by atoms with Crippen molar-refractivity contribution < 1.29 is 0 Å². The molecule has 0 amide bonds. The quantitative estimate of drug-likeness (QED) is 0.738. The number of aryl methyl sites for hydroxylation is 1. The van der Waals surface area contributed by atoms with E-state index in [-0.39, 0.29) is 11.6 Å². The first kappa shape index (κ1) is 13.4. The highest BCUT2D eigenvalue weighted by molar-refractivity contribution is 5.80. The van der Waals surface area contributed by atoms with Crippen molar-refractivity contribution in [3.05, 3.63) is 64.7 Å². The molecule has 21 heavy (non-hydrogen) atoms. The van der Waals surface area contributed by atoms with Gasteiger partial charge in [-0.1, -0.05) is 12.1 Å². The molecule has 1 atom stereocenters. The molecule has 1 unspecified atom stereocenters. The summed E-state index contributed by atoms with van der Waals surface area (Å²) in [7, 11) is 0. The predicted octanol–water partition coefficient (Wildman–Crippen LogP) is 2.30.